The molecule has 2 atom stereocenters. The van der Waals surface area contributed by atoms with Crippen LogP contribution in [0.5, 0.6) is 0 Å². The summed E-state index contributed by atoms with van der Waals surface area (Å²) >= 11 is 0. The van der Waals surface area contributed by atoms with E-state index in [0.29, 0.717) is 91.1 Å². The number of aromatic nitrogens is 4. The highest BCUT2D eigenvalue weighted by molar-refractivity contribution is 6.25. The van der Waals surface area contributed by atoms with Crippen molar-refractivity contribution < 1.29 is 33.9 Å². The Hall–Kier alpha value is -7.67. The van der Waals surface area contributed by atoms with E-state index >= 15 is 0 Å². The molecule has 19 heteroatoms. The molecule has 10 rings (SSSR count). The fourth-order valence-electron chi connectivity index (χ4n) is 12.2. The Labute approximate surface area is 454 Å². The number of amides is 6. The van der Waals surface area contributed by atoms with Crippen LogP contribution in [0.15, 0.2) is 71.9 Å². The molecule has 2 saturated heterocycles. The van der Waals surface area contributed by atoms with Crippen LogP contribution in [-0.4, -0.2) is 114 Å². The molecule has 5 aromatic rings. The summed E-state index contributed by atoms with van der Waals surface area (Å²) in [4.78, 5) is 108. The number of piperazine rings is 1. The van der Waals surface area contributed by atoms with E-state index in [-0.39, 0.29) is 59.4 Å². The number of carbonyl (C=O) groups excluding carboxylic acids is 6. The number of aliphatic hydroxyl groups is 1. The topological polar surface area (TPSA) is 224 Å². The number of unbranched alkanes of at least 4 members (excludes halogenated alkanes) is 8. The lowest BCUT2D eigenvalue weighted by molar-refractivity contribution is -0.136. The SMILES string of the molecule is C[C@H]1CN(C(=O)CCCCCCCCCCCNc2cccc3c2C(=O)N(C2CCC(=O)NC2=O)C3=O)CCN1c1ccc(Nc2cc(-c3ccnc(N4CCn5c(cc6c5CC(C)(C)C6)C4=O)c3CO)cn(C)c2=O)nc1. The Morgan fingerprint density at radius 2 is 1.59 bits per heavy atom. The van der Waals surface area contributed by atoms with Gasteiger partial charge in [0.15, 0.2) is 0 Å². The summed E-state index contributed by atoms with van der Waals surface area (Å²) in [6.07, 6.45) is 17.1. The van der Waals surface area contributed by atoms with E-state index < -0.39 is 29.7 Å². The molecule has 1 aliphatic carbocycles. The highest BCUT2D eigenvalue weighted by atomic mass is 16.3. The number of fused-ring (bicyclic) bond motifs is 4. The van der Waals surface area contributed by atoms with Crippen molar-refractivity contribution in [3.63, 3.8) is 0 Å². The summed E-state index contributed by atoms with van der Waals surface area (Å²) in [5.74, 6) is -1.09. The lowest BCUT2D eigenvalue weighted by Gasteiger charge is -2.41. The summed E-state index contributed by atoms with van der Waals surface area (Å²) < 4.78 is 3.65. The van der Waals surface area contributed by atoms with Crippen molar-refractivity contribution in [2.45, 2.75) is 136 Å². The fourth-order valence-corrected chi connectivity index (χ4v) is 12.2. The first-order valence-electron chi connectivity index (χ1n) is 27.8. The molecule has 0 bridgehead atoms. The zero-order valence-corrected chi connectivity index (χ0v) is 45.2. The molecule has 1 unspecified atom stereocenters. The number of pyridine rings is 3. The lowest BCUT2D eigenvalue weighted by Crippen LogP contribution is -2.54. The number of nitrogens with one attached hydrogen (secondary N) is 3. The molecular weight excluding hydrogens is 991 g/mol. The van der Waals surface area contributed by atoms with Crippen molar-refractivity contribution in [1.29, 1.82) is 0 Å². The predicted molar refractivity (Wildman–Crippen MR) is 297 cm³/mol. The van der Waals surface area contributed by atoms with Crippen molar-refractivity contribution in [2.24, 2.45) is 12.5 Å². The van der Waals surface area contributed by atoms with Crippen LogP contribution in [0.2, 0.25) is 0 Å². The number of aliphatic hydroxyl groups excluding tert-OH is 1. The summed E-state index contributed by atoms with van der Waals surface area (Å²) in [5.41, 5.74) is 7.24. The fraction of sp³-hybridized carbons (Fsp3) is 0.475. The monoisotopic (exact) mass is 1060 g/mol. The summed E-state index contributed by atoms with van der Waals surface area (Å²) in [6.45, 7) is 9.92. The van der Waals surface area contributed by atoms with Gasteiger partial charge in [-0.05, 0) is 98.0 Å². The Balaban J connectivity index is 0.633. The third kappa shape index (κ3) is 10.9. The minimum atomic E-state index is -0.991. The average molecular weight is 1060 g/mol. The highest BCUT2D eigenvalue weighted by Crippen LogP contribution is 2.41. The van der Waals surface area contributed by atoms with Gasteiger partial charge in [0.2, 0.25) is 17.7 Å². The number of piperidine rings is 1. The molecule has 4 aromatic heterocycles. The smallest absolute Gasteiger partial charge is 0.276 e. The van der Waals surface area contributed by atoms with E-state index in [2.05, 4.69) is 51.2 Å². The van der Waals surface area contributed by atoms with Crippen LogP contribution in [0.4, 0.5) is 28.7 Å². The van der Waals surface area contributed by atoms with Crippen LogP contribution >= 0.6 is 0 Å². The first-order valence-corrected chi connectivity index (χ1v) is 27.8. The van der Waals surface area contributed by atoms with E-state index in [1.807, 2.05) is 23.1 Å². The number of carbonyl (C=O) groups is 6. The van der Waals surface area contributed by atoms with Crippen LogP contribution in [0.25, 0.3) is 11.1 Å². The maximum atomic E-state index is 14.0. The van der Waals surface area contributed by atoms with E-state index in [1.54, 1.807) is 60.9 Å². The van der Waals surface area contributed by atoms with Gasteiger partial charge in [0, 0.05) is 100 Å². The minimum Gasteiger partial charge on any atom is -0.392 e. The second-order valence-corrected chi connectivity index (χ2v) is 22.4. The average Bonchev–Trinajstić information content (AvgIpc) is 4.07. The van der Waals surface area contributed by atoms with Crippen molar-refractivity contribution in [2.75, 3.05) is 53.2 Å². The minimum absolute atomic E-state index is 0.0792. The van der Waals surface area contributed by atoms with Crippen molar-refractivity contribution in [3.8, 4) is 11.1 Å². The zero-order valence-electron chi connectivity index (χ0n) is 45.2. The van der Waals surface area contributed by atoms with Crippen molar-refractivity contribution >= 4 is 64.1 Å². The van der Waals surface area contributed by atoms with Gasteiger partial charge in [0.1, 0.15) is 29.1 Å². The molecule has 4 N–H and O–H groups in total. The number of benzene rings is 1. The Bertz CT molecular complexity index is 3220. The van der Waals surface area contributed by atoms with Gasteiger partial charge in [0.05, 0.1) is 29.6 Å². The molecule has 19 nitrogen and oxygen atoms in total. The van der Waals surface area contributed by atoms with Gasteiger partial charge in [-0.25, -0.2) is 9.97 Å². The predicted octanol–water partition coefficient (Wildman–Crippen LogP) is 7.12. The van der Waals surface area contributed by atoms with Gasteiger partial charge in [-0.1, -0.05) is 64.9 Å². The Morgan fingerprint density at radius 3 is 2.32 bits per heavy atom. The Morgan fingerprint density at radius 1 is 0.821 bits per heavy atom. The molecule has 8 heterocycles. The molecule has 410 valence electrons. The molecule has 2 fully saturated rings. The molecule has 0 spiro atoms. The van der Waals surface area contributed by atoms with E-state index in [4.69, 9.17) is 4.98 Å². The van der Waals surface area contributed by atoms with Gasteiger partial charge < -0.3 is 34.7 Å². The molecule has 6 amide bonds. The quantitative estimate of drug-likeness (QED) is 0.0451. The van der Waals surface area contributed by atoms with E-state index in [9.17, 15) is 38.7 Å². The van der Waals surface area contributed by atoms with Crippen LogP contribution in [0.1, 0.15) is 146 Å². The largest absolute Gasteiger partial charge is 0.392 e. The number of aryl methyl sites for hydroxylation is 1. The number of anilines is 5. The molecule has 0 radical (unpaired) electrons. The van der Waals surface area contributed by atoms with Gasteiger partial charge >= 0.3 is 0 Å². The Kier molecular flexibility index (Phi) is 15.7. The maximum Gasteiger partial charge on any atom is 0.276 e. The second-order valence-electron chi connectivity index (χ2n) is 22.4. The molecular formula is C59H71N11O8. The first kappa shape index (κ1) is 53.7. The molecule has 4 aliphatic heterocycles. The van der Waals surface area contributed by atoms with E-state index in [0.717, 1.165) is 81.2 Å². The van der Waals surface area contributed by atoms with Crippen LogP contribution in [-0.2, 0) is 47.4 Å². The van der Waals surface area contributed by atoms with Gasteiger partial charge in [-0.2, -0.15) is 0 Å². The molecule has 78 heavy (non-hydrogen) atoms. The summed E-state index contributed by atoms with van der Waals surface area (Å²) in [5, 5.41) is 19.6. The van der Waals surface area contributed by atoms with Crippen LogP contribution in [0.3, 0.4) is 0 Å². The number of nitrogens with zero attached hydrogens (tertiary/aromatic N) is 8. The van der Waals surface area contributed by atoms with Gasteiger partial charge in [-0.15, -0.1) is 0 Å². The standard InChI is InChI=1S/C59H71N11O8/c1-37-34-66(51(73)17-12-10-8-6-5-7-9-11-13-23-60-44-16-14-15-42-52(44)58(78)70(55(42)75)46-19-21-50(72)64-54(46)74)25-26-67(37)40-18-20-49(62-33-40)63-45-29-39(35-65(4)56(45)76)41-22-24-61-53(43(41)36-71)69-28-27-68-47(57(69)77)30-38-31-59(2,3)32-48(38)68/h14-16,18,20,22,24,29-30,33,35,37,46,60,71H,5-13,17,19,21,23,25-28,31-32,34,36H2,1-4H3,(H,62,63)(H,64,72,74)/t37-,46?/m0/s1. The maximum absolute atomic E-state index is 14.0. The number of hydrogen-bond donors (Lipinski definition) is 4. The van der Waals surface area contributed by atoms with Gasteiger partial charge in [0.25, 0.3) is 23.3 Å². The number of rotatable bonds is 20. The highest BCUT2D eigenvalue weighted by Gasteiger charge is 2.46. The third-order valence-electron chi connectivity index (χ3n) is 16.2. The van der Waals surface area contributed by atoms with Crippen LogP contribution in [0, 0.1) is 5.41 Å². The molecule has 0 saturated carbocycles. The third-order valence-corrected chi connectivity index (χ3v) is 16.2. The lowest BCUT2D eigenvalue weighted by atomic mass is 9.90. The van der Waals surface area contributed by atoms with E-state index in [1.165, 1.54) is 15.8 Å². The number of imide groups is 2. The summed E-state index contributed by atoms with van der Waals surface area (Å²) in [7, 11) is 1.68. The summed E-state index contributed by atoms with van der Waals surface area (Å²) in [6, 6.07) is 13.6. The normalized spacial score (nSPS) is 18.8. The van der Waals surface area contributed by atoms with Gasteiger partial charge in [-0.3, -0.25) is 48.7 Å². The first-order chi connectivity index (χ1) is 37.6. The second kappa shape index (κ2) is 22.7. The molecule has 1 aromatic carbocycles. The van der Waals surface area contributed by atoms with Crippen molar-refractivity contribution in [1.82, 2.24) is 34.2 Å². The number of hydrogen-bond acceptors (Lipinski definition) is 13. The van der Waals surface area contributed by atoms with Crippen LogP contribution < -0.4 is 31.3 Å². The zero-order chi connectivity index (χ0) is 54.8. The molecule has 5 aliphatic rings. The van der Waals surface area contributed by atoms with Crippen molar-refractivity contribution in [3.05, 3.63) is 111 Å².